The van der Waals surface area contributed by atoms with Gasteiger partial charge in [-0.1, -0.05) is 29.8 Å². The van der Waals surface area contributed by atoms with Crippen LogP contribution in [0.25, 0.3) is 11.3 Å². The molecule has 3 rings (SSSR count). The second-order valence-corrected chi connectivity index (χ2v) is 6.15. The summed E-state index contributed by atoms with van der Waals surface area (Å²) in [5.74, 6) is -0.123. The van der Waals surface area contributed by atoms with Gasteiger partial charge in [0.05, 0.1) is 4.92 Å². The number of hydrogen-bond donors (Lipinski definition) is 2. The fraction of sp³-hybridized carbons (Fsp3) is 0.0526. The monoisotopic (exact) mass is 381 g/mol. The number of rotatable bonds is 4. The van der Waals surface area contributed by atoms with Crippen molar-refractivity contribution in [1.82, 2.24) is 5.32 Å². The lowest BCUT2D eigenvalue weighted by Gasteiger charge is -2.08. The van der Waals surface area contributed by atoms with Crippen LogP contribution in [0.1, 0.15) is 16.1 Å². The van der Waals surface area contributed by atoms with E-state index in [0.717, 1.165) is 11.3 Å². The number of hydrogen-bond acceptors (Lipinski definition) is 5. The van der Waals surface area contributed by atoms with Gasteiger partial charge in [0, 0.05) is 23.4 Å². The lowest BCUT2D eigenvalue weighted by atomic mass is 10.1. The average molecular weight is 381 g/mol. The molecule has 3 aromatic rings. The van der Waals surface area contributed by atoms with Crippen LogP contribution in [0, 0.1) is 17.0 Å². The first-order chi connectivity index (χ1) is 12.9. The molecule has 0 bridgehead atoms. The van der Waals surface area contributed by atoms with E-state index in [4.69, 9.17) is 16.6 Å². The summed E-state index contributed by atoms with van der Waals surface area (Å²) < 4.78 is 5.51. The molecule has 0 saturated heterocycles. The Morgan fingerprint density at radius 3 is 2.56 bits per heavy atom. The number of benzene rings is 2. The third kappa shape index (κ3) is 4.56. The van der Waals surface area contributed by atoms with Crippen molar-refractivity contribution in [2.45, 2.75) is 6.92 Å². The highest BCUT2D eigenvalue weighted by Gasteiger charge is 2.15. The van der Waals surface area contributed by atoms with Gasteiger partial charge in [-0.15, -0.1) is 0 Å². The minimum Gasteiger partial charge on any atom is -0.451 e. The number of nitro benzene ring substituents is 1. The first-order valence-corrected chi connectivity index (χ1v) is 8.37. The number of nitrogens with one attached hydrogen (secondary N) is 2. The Morgan fingerprint density at radius 1 is 1.11 bits per heavy atom. The average Bonchev–Trinajstić information content (AvgIpc) is 3.14. The van der Waals surface area contributed by atoms with Gasteiger partial charge in [0.15, 0.2) is 10.9 Å². The van der Waals surface area contributed by atoms with Crippen molar-refractivity contribution in [3.05, 3.63) is 82.1 Å². The van der Waals surface area contributed by atoms with Crippen LogP contribution in [0.4, 0.5) is 11.4 Å². The standard InChI is InChI=1S/C19H15N3O4S/c1-12-5-7-14(8-6-12)20-19(27)21-18(23)17-10-9-16(26-17)13-3-2-4-15(11-13)22(24)25/h2-11H,1H3,(H2,20,21,23,27). The number of amides is 1. The summed E-state index contributed by atoms with van der Waals surface area (Å²) in [6, 6.07) is 16.6. The molecular weight excluding hydrogens is 366 g/mol. The predicted molar refractivity (Wildman–Crippen MR) is 106 cm³/mol. The number of thiocarbonyl (C=S) groups is 1. The first-order valence-electron chi connectivity index (χ1n) is 7.96. The number of aryl methyl sites for hydroxylation is 1. The molecule has 2 N–H and O–H groups in total. The summed E-state index contributed by atoms with van der Waals surface area (Å²) in [5, 5.41) is 16.5. The third-order valence-electron chi connectivity index (χ3n) is 3.71. The van der Waals surface area contributed by atoms with E-state index in [2.05, 4.69) is 10.6 Å². The minimum absolute atomic E-state index is 0.0459. The largest absolute Gasteiger partial charge is 0.451 e. The molecule has 1 amide bonds. The molecule has 0 aliphatic heterocycles. The quantitative estimate of drug-likeness (QED) is 0.397. The summed E-state index contributed by atoms with van der Waals surface area (Å²) >= 11 is 5.13. The van der Waals surface area contributed by atoms with Crippen molar-refractivity contribution in [3.63, 3.8) is 0 Å². The van der Waals surface area contributed by atoms with E-state index >= 15 is 0 Å². The molecule has 136 valence electrons. The predicted octanol–water partition coefficient (Wildman–Crippen LogP) is 4.29. The molecule has 7 nitrogen and oxygen atoms in total. The highest BCUT2D eigenvalue weighted by Crippen LogP contribution is 2.25. The van der Waals surface area contributed by atoms with Crippen LogP contribution in [0.2, 0.25) is 0 Å². The molecule has 0 fully saturated rings. The maximum Gasteiger partial charge on any atom is 0.293 e. The number of non-ortho nitro benzene ring substituents is 1. The van der Waals surface area contributed by atoms with Crippen molar-refractivity contribution in [1.29, 1.82) is 0 Å². The smallest absolute Gasteiger partial charge is 0.293 e. The van der Waals surface area contributed by atoms with Crippen molar-refractivity contribution < 1.29 is 14.1 Å². The Labute approximate surface area is 160 Å². The van der Waals surface area contributed by atoms with E-state index < -0.39 is 10.8 Å². The molecule has 0 unspecified atom stereocenters. The van der Waals surface area contributed by atoms with Gasteiger partial charge >= 0.3 is 0 Å². The van der Waals surface area contributed by atoms with Crippen LogP contribution in [-0.2, 0) is 0 Å². The molecule has 0 atom stereocenters. The number of nitrogens with zero attached hydrogens (tertiary/aromatic N) is 1. The van der Waals surface area contributed by atoms with Gasteiger partial charge in [-0.25, -0.2) is 0 Å². The number of anilines is 1. The van der Waals surface area contributed by atoms with Crippen LogP contribution < -0.4 is 10.6 Å². The first kappa shape index (κ1) is 18.3. The summed E-state index contributed by atoms with van der Waals surface area (Å²) in [4.78, 5) is 22.7. The van der Waals surface area contributed by atoms with Gasteiger partial charge in [0.25, 0.3) is 11.6 Å². The van der Waals surface area contributed by atoms with Gasteiger partial charge in [-0.3, -0.25) is 20.2 Å². The maximum absolute atomic E-state index is 12.3. The van der Waals surface area contributed by atoms with Gasteiger partial charge in [0.1, 0.15) is 5.76 Å². The van der Waals surface area contributed by atoms with Crippen molar-refractivity contribution in [3.8, 4) is 11.3 Å². The van der Waals surface area contributed by atoms with Gasteiger partial charge in [0.2, 0.25) is 0 Å². The Kier molecular flexibility index (Phi) is 5.28. The van der Waals surface area contributed by atoms with Crippen LogP contribution in [0.15, 0.2) is 65.1 Å². The Bertz CT molecular complexity index is 1010. The molecule has 0 aliphatic rings. The van der Waals surface area contributed by atoms with E-state index in [-0.39, 0.29) is 16.6 Å². The fourth-order valence-corrected chi connectivity index (χ4v) is 2.56. The molecule has 0 radical (unpaired) electrons. The molecule has 8 heteroatoms. The summed E-state index contributed by atoms with van der Waals surface area (Å²) in [6.45, 7) is 1.97. The van der Waals surface area contributed by atoms with E-state index in [1.807, 2.05) is 31.2 Å². The molecule has 2 aromatic carbocycles. The third-order valence-corrected chi connectivity index (χ3v) is 3.91. The second-order valence-electron chi connectivity index (χ2n) is 5.75. The van der Waals surface area contributed by atoms with Crippen molar-refractivity contribution in [2.24, 2.45) is 0 Å². The van der Waals surface area contributed by atoms with E-state index in [1.165, 1.54) is 18.2 Å². The summed E-state index contributed by atoms with van der Waals surface area (Å²) in [5.41, 5.74) is 2.31. The van der Waals surface area contributed by atoms with Gasteiger partial charge in [-0.2, -0.15) is 0 Å². The van der Waals surface area contributed by atoms with Crippen molar-refractivity contribution >= 4 is 34.6 Å². The zero-order valence-electron chi connectivity index (χ0n) is 14.3. The fourth-order valence-electron chi connectivity index (χ4n) is 2.35. The molecule has 0 spiro atoms. The Balaban J connectivity index is 1.67. The molecule has 1 aromatic heterocycles. The molecule has 0 saturated carbocycles. The zero-order chi connectivity index (χ0) is 19.4. The van der Waals surface area contributed by atoms with E-state index in [0.29, 0.717) is 11.3 Å². The Hall–Kier alpha value is -3.52. The highest BCUT2D eigenvalue weighted by molar-refractivity contribution is 7.80. The topological polar surface area (TPSA) is 97.4 Å². The molecule has 1 heterocycles. The number of carbonyl (C=O) groups excluding carboxylic acids is 1. The van der Waals surface area contributed by atoms with Crippen LogP contribution in [0.3, 0.4) is 0 Å². The lowest BCUT2D eigenvalue weighted by molar-refractivity contribution is -0.384. The Morgan fingerprint density at radius 2 is 1.85 bits per heavy atom. The van der Waals surface area contributed by atoms with Crippen LogP contribution >= 0.6 is 12.2 Å². The SMILES string of the molecule is Cc1ccc(NC(=S)NC(=O)c2ccc(-c3cccc([N+](=O)[O-])c3)o2)cc1. The minimum atomic E-state index is -0.517. The lowest BCUT2D eigenvalue weighted by Crippen LogP contribution is -2.33. The van der Waals surface area contributed by atoms with E-state index in [9.17, 15) is 14.9 Å². The maximum atomic E-state index is 12.3. The molecule has 0 aliphatic carbocycles. The summed E-state index contributed by atoms with van der Waals surface area (Å²) in [6.07, 6.45) is 0. The van der Waals surface area contributed by atoms with Gasteiger partial charge < -0.3 is 9.73 Å². The highest BCUT2D eigenvalue weighted by atomic mass is 32.1. The van der Waals surface area contributed by atoms with Gasteiger partial charge in [-0.05, 0) is 43.4 Å². The zero-order valence-corrected chi connectivity index (χ0v) is 15.1. The van der Waals surface area contributed by atoms with Crippen LogP contribution in [-0.4, -0.2) is 15.9 Å². The number of furan rings is 1. The normalized spacial score (nSPS) is 10.3. The van der Waals surface area contributed by atoms with E-state index in [1.54, 1.807) is 18.2 Å². The van der Waals surface area contributed by atoms with Crippen molar-refractivity contribution in [2.75, 3.05) is 5.32 Å². The molecular formula is C19H15N3O4S. The number of carbonyl (C=O) groups is 1. The summed E-state index contributed by atoms with van der Waals surface area (Å²) in [7, 11) is 0. The molecule has 27 heavy (non-hydrogen) atoms. The van der Waals surface area contributed by atoms with Crippen LogP contribution in [0.5, 0.6) is 0 Å². The second kappa shape index (κ2) is 7.79. The number of nitro groups is 1.